The average Bonchev–Trinajstić information content (AvgIpc) is 3.85. The number of fused-ring (bicyclic) bond motifs is 4. The van der Waals surface area contributed by atoms with E-state index in [4.69, 9.17) is 9.97 Å². The van der Waals surface area contributed by atoms with Crippen molar-refractivity contribution in [2.75, 3.05) is 0 Å². The first kappa shape index (κ1) is 41.8. The number of aromatic hydroxyl groups is 1. The minimum atomic E-state index is -0.323. The summed E-state index contributed by atoms with van der Waals surface area (Å²) >= 11 is 0. The van der Waals surface area contributed by atoms with Crippen molar-refractivity contribution in [1.82, 2.24) is 19.1 Å². The van der Waals surface area contributed by atoms with Gasteiger partial charge >= 0.3 is 0 Å². The molecule has 0 saturated carbocycles. The Morgan fingerprint density at radius 1 is 0.462 bits per heavy atom. The molecule has 0 radical (unpaired) electrons. The molecule has 3 heterocycles. The summed E-state index contributed by atoms with van der Waals surface area (Å²) in [6.07, 6.45) is 1.93. The number of hydrogen-bond donors (Lipinski definition) is 1. The summed E-state index contributed by atoms with van der Waals surface area (Å²) in [6, 6.07) is 58.3. The van der Waals surface area contributed by atoms with Gasteiger partial charge in [0.2, 0.25) is 0 Å². The van der Waals surface area contributed by atoms with Crippen LogP contribution in [0.5, 0.6) is 5.75 Å². The number of rotatable bonds is 6. The molecule has 5 nitrogen and oxygen atoms in total. The normalized spacial score (nSPS) is 12.4. The minimum Gasteiger partial charge on any atom is -0.507 e. The monoisotopic (exact) mass is 848 g/mol. The maximum atomic E-state index is 12.5. The van der Waals surface area contributed by atoms with E-state index >= 15 is 0 Å². The number of aromatic nitrogens is 4. The molecule has 5 heteroatoms. The number of phenols is 1. The zero-order valence-electron chi connectivity index (χ0n) is 38.9. The third-order valence-electron chi connectivity index (χ3n) is 12.9. The standard InChI is InChI=1S/C60H56N4O/c1-58(2,3)41-30-31-50(46(35-41)38-20-12-10-13-21-38)64-52-29-19-27-44(55(52)62-57(64)47-36-42(59(4,5)6)37-48(56(47)65)60(7,8)9)39-22-18-23-40(34-39)54-53-45-26-16-17-28-49(45)63(51(53)32-33-61-54)43-24-14-11-15-25-43/h10-37,65H,1-9H3. The maximum absolute atomic E-state index is 12.5. The molecule has 7 aromatic carbocycles. The van der Waals surface area contributed by atoms with Crippen LogP contribution in [0.1, 0.15) is 79.0 Å². The fourth-order valence-electron chi connectivity index (χ4n) is 9.43. The lowest BCUT2D eigenvalue weighted by Gasteiger charge is -2.28. The first-order valence-corrected chi connectivity index (χ1v) is 22.7. The van der Waals surface area contributed by atoms with Crippen molar-refractivity contribution >= 4 is 32.8 Å². The highest BCUT2D eigenvalue weighted by atomic mass is 16.3. The molecule has 10 rings (SSSR count). The second-order valence-corrected chi connectivity index (χ2v) is 20.5. The average molecular weight is 849 g/mol. The van der Waals surface area contributed by atoms with E-state index in [-0.39, 0.29) is 22.0 Å². The van der Waals surface area contributed by atoms with E-state index in [1.165, 1.54) is 5.56 Å². The van der Waals surface area contributed by atoms with Gasteiger partial charge in [-0.15, -0.1) is 0 Å². The largest absolute Gasteiger partial charge is 0.507 e. The molecule has 65 heavy (non-hydrogen) atoms. The molecule has 322 valence electrons. The summed E-state index contributed by atoms with van der Waals surface area (Å²) in [5.74, 6) is 0.950. The Labute approximate surface area is 382 Å². The summed E-state index contributed by atoms with van der Waals surface area (Å²) < 4.78 is 4.62. The molecule has 0 unspecified atom stereocenters. The Kier molecular flexibility index (Phi) is 9.95. The van der Waals surface area contributed by atoms with Gasteiger partial charge in [-0.1, -0.05) is 172 Å². The van der Waals surface area contributed by atoms with E-state index in [0.29, 0.717) is 11.4 Å². The van der Waals surface area contributed by atoms with Crippen LogP contribution in [-0.2, 0) is 16.2 Å². The summed E-state index contributed by atoms with van der Waals surface area (Å²) in [5, 5.41) is 14.8. The van der Waals surface area contributed by atoms with Crippen LogP contribution in [0.25, 0.3) is 89.1 Å². The second-order valence-electron chi connectivity index (χ2n) is 20.5. The fraction of sp³-hybridized carbons (Fsp3) is 0.200. The molecule has 0 amide bonds. The van der Waals surface area contributed by atoms with Crippen molar-refractivity contribution in [1.29, 1.82) is 0 Å². The second kappa shape index (κ2) is 15.5. The number of pyridine rings is 1. The molecular weight excluding hydrogens is 793 g/mol. The van der Waals surface area contributed by atoms with Crippen LogP contribution in [-0.4, -0.2) is 24.2 Å². The Balaban J connectivity index is 1.25. The lowest BCUT2D eigenvalue weighted by molar-refractivity contribution is 0.446. The van der Waals surface area contributed by atoms with Gasteiger partial charge in [-0.25, -0.2) is 4.98 Å². The first-order valence-electron chi connectivity index (χ1n) is 22.7. The van der Waals surface area contributed by atoms with Gasteiger partial charge in [0, 0.05) is 44.9 Å². The van der Waals surface area contributed by atoms with Crippen molar-refractivity contribution in [3.63, 3.8) is 0 Å². The van der Waals surface area contributed by atoms with E-state index in [2.05, 4.69) is 235 Å². The van der Waals surface area contributed by atoms with E-state index in [1.807, 2.05) is 6.20 Å². The minimum absolute atomic E-state index is 0.0728. The number of hydrogen-bond acceptors (Lipinski definition) is 3. The van der Waals surface area contributed by atoms with Gasteiger partial charge < -0.3 is 9.67 Å². The molecule has 0 saturated heterocycles. The van der Waals surface area contributed by atoms with E-state index in [9.17, 15) is 5.11 Å². The number of imidazole rings is 1. The number of para-hydroxylation sites is 3. The lowest BCUT2D eigenvalue weighted by Crippen LogP contribution is -2.17. The van der Waals surface area contributed by atoms with Crippen LogP contribution in [0, 0.1) is 0 Å². The molecule has 0 fully saturated rings. The topological polar surface area (TPSA) is 55.9 Å². The highest BCUT2D eigenvalue weighted by Gasteiger charge is 2.30. The zero-order chi connectivity index (χ0) is 45.4. The van der Waals surface area contributed by atoms with Gasteiger partial charge in [-0.2, -0.15) is 0 Å². The number of benzene rings is 7. The number of nitrogens with zero attached hydrogens (tertiary/aromatic N) is 4. The Morgan fingerprint density at radius 2 is 1.09 bits per heavy atom. The quantitative estimate of drug-likeness (QED) is 0.181. The van der Waals surface area contributed by atoms with Crippen molar-refractivity contribution in [2.24, 2.45) is 0 Å². The van der Waals surface area contributed by atoms with Crippen molar-refractivity contribution in [3.05, 3.63) is 187 Å². The van der Waals surface area contributed by atoms with Crippen molar-refractivity contribution in [3.8, 4) is 62.0 Å². The predicted molar refractivity (Wildman–Crippen MR) is 273 cm³/mol. The van der Waals surface area contributed by atoms with Crippen LogP contribution >= 0.6 is 0 Å². The zero-order valence-corrected chi connectivity index (χ0v) is 38.9. The molecule has 0 aliphatic heterocycles. The summed E-state index contributed by atoms with van der Waals surface area (Å²) in [6.45, 7) is 20.0. The Morgan fingerprint density at radius 3 is 1.82 bits per heavy atom. The Bertz CT molecular complexity index is 3430. The molecule has 0 aliphatic carbocycles. The van der Waals surface area contributed by atoms with E-state index in [1.54, 1.807) is 0 Å². The molecule has 0 bridgehead atoms. The number of phenolic OH excluding ortho intramolecular Hbond substituents is 1. The summed E-state index contributed by atoms with van der Waals surface area (Å²) in [5.41, 5.74) is 15.8. The van der Waals surface area contributed by atoms with Gasteiger partial charge in [-0.05, 0) is 93.1 Å². The maximum Gasteiger partial charge on any atom is 0.149 e. The smallest absolute Gasteiger partial charge is 0.149 e. The third-order valence-corrected chi connectivity index (χ3v) is 12.9. The molecule has 3 aromatic heterocycles. The van der Waals surface area contributed by atoms with Crippen molar-refractivity contribution in [2.45, 2.75) is 78.6 Å². The molecule has 10 aromatic rings. The summed E-state index contributed by atoms with van der Waals surface area (Å²) in [4.78, 5) is 10.8. The fourth-order valence-corrected chi connectivity index (χ4v) is 9.43. The highest BCUT2D eigenvalue weighted by molar-refractivity contribution is 6.15. The van der Waals surface area contributed by atoms with Gasteiger partial charge in [0.1, 0.15) is 11.6 Å². The SMILES string of the molecule is CC(C)(C)c1ccc(-n2c(-c3cc(C(C)(C)C)cc(C(C)(C)C)c3O)nc3c(-c4cccc(-c5nccc6c5c5ccccc5n6-c5ccccc5)c4)cccc32)c(-c2ccccc2)c1. The van der Waals surface area contributed by atoms with E-state index < -0.39 is 0 Å². The molecule has 0 atom stereocenters. The first-order chi connectivity index (χ1) is 31.1. The summed E-state index contributed by atoms with van der Waals surface area (Å²) in [7, 11) is 0. The molecular formula is C60H56N4O. The Hall–Kier alpha value is -7.24. The molecule has 1 N–H and O–H groups in total. The van der Waals surface area contributed by atoms with Gasteiger partial charge in [0.15, 0.2) is 0 Å². The van der Waals surface area contributed by atoms with Crippen LogP contribution in [0.3, 0.4) is 0 Å². The molecule has 0 aliphatic rings. The lowest BCUT2D eigenvalue weighted by atomic mass is 9.79. The van der Waals surface area contributed by atoms with Gasteiger partial charge in [0.25, 0.3) is 0 Å². The van der Waals surface area contributed by atoms with Gasteiger partial charge in [-0.3, -0.25) is 9.55 Å². The predicted octanol–water partition coefficient (Wildman–Crippen LogP) is 15.8. The van der Waals surface area contributed by atoms with Crippen molar-refractivity contribution < 1.29 is 5.11 Å². The van der Waals surface area contributed by atoms with Crippen LogP contribution in [0.2, 0.25) is 0 Å². The third kappa shape index (κ3) is 7.29. The highest BCUT2D eigenvalue weighted by Crippen LogP contribution is 2.46. The van der Waals surface area contributed by atoms with Crippen LogP contribution in [0.4, 0.5) is 0 Å². The van der Waals surface area contributed by atoms with Crippen LogP contribution in [0.15, 0.2) is 170 Å². The van der Waals surface area contributed by atoms with Gasteiger partial charge in [0.05, 0.1) is 39.0 Å². The molecule has 0 spiro atoms. The van der Waals surface area contributed by atoms with E-state index in [0.717, 1.165) is 88.9 Å². The van der Waals surface area contributed by atoms with Crippen LogP contribution < -0.4 is 0 Å².